The fraction of sp³-hybridized carbons (Fsp3) is 0. The molecule has 0 spiro atoms. The molecule has 3 heteroatoms. The van der Waals surface area contributed by atoms with Crippen molar-refractivity contribution < 1.29 is 0 Å². The van der Waals surface area contributed by atoms with Crippen molar-refractivity contribution in [2.45, 2.75) is 0 Å². The van der Waals surface area contributed by atoms with Crippen LogP contribution in [0.1, 0.15) is 11.3 Å². The van der Waals surface area contributed by atoms with Crippen LogP contribution in [0, 0.1) is 11.3 Å². The van der Waals surface area contributed by atoms with Crippen LogP contribution < -0.4 is 0 Å². The molecule has 0 N–H and O–H groups in total. The molecule has 0 saturated heterocycles. The number of pyridine rings is 1. The van der Waals surface area contributed by atoms with Gasteiger partial charge in [-0.05, 0) is 0 Å². The standard InChI is InChI=1S/C10H8N2Se/c11-6-9-4-3-8(7-12-9)10-2-1-5-13-10/h1-5,7H,13H2. The number of rotatable bonds is 1. The van der Waals surface area contributed by atoms with Gasteiger partial charge >= 0.3 is 82.5 Å². The molecule has 0 fully saturated rings. The van der Waals surface area contributed by atoms with E-state index >= 15 is 0 Å². The Morgan fingerprint density at radius 3 is 2.85 bits per heavy atom. The van der Waals surface area contributed by atoms with E-state index in [9.17, 15) is 0 Å². The molecule has 1 aliphatic rings. The van der Waals surface area contributed by atoms with E-state index < -0.39 is 0 Å². The summed E-state index contributed by atoms with van der Waals surface area (Å²) < 4.78 is 1.39. The van der Waals surface area contributed by atoms with Crippen LogP contribution in [-0.4, -0.2) is 19.9 Å². The molecular weight excluding hydrogens is 227 g/mol. The summed E-state index contributed by atoms with van der Waals surface area (Å²) in [6.07, 6.45) is 6.00. The summed E-state index contributed by atoms with van der Waals surface area (Å²) in [4.78, 5) is 6.26. The van der Waals surface area contributed by atoms with Crippen LogP contribution in [-0.2, 0) is 0 Å². The summed E-state index contributed by atoms with van der Waals surface area (Å²) in [6, 6.07) is 5.74. The van der Waals surface area contributed by atoms with E-state index in [-0.39, 0.29) is 15.0 Å². The van der Waals surface area contributed by atoms with Crippen LogP contribution in [0.15, 0.2) is 35.5 Å². The van der Waals surface area contributed by atoms with E-state index in [0.29, 0.717) is 5.69 Å². The third-order valence-electron chi connectivity index (χ3n) is 1.79. The molecule has 13 heavy (non-hydrogen) atoms. The van der Waals surface area contributed by atoms with Crippen LogP contribution in [0.3, 0.4) is 0 Å². The first-order valence-electron chi connectivity index (χ1n) is 3.90. The van der Waals surface area contributed by atoms with Crippen molar-refractivity contribution in [3.8, 4) is 6.07 Å². The number of hydrogen-bond donors (Lipinski definition) is 0. The van der Waals surface area contributed by atoms with Gasteiger partial charge in [0.2, 0.25) is 0 Å². The molecule has 0 amide bonds. The summed E-state index contributed by atoms with van der Waals surface area (Å²) in [5.74, 6) is 0. The molecule has 0 radical (unpaired) electrons. The molecule has 0 aliphatic carbocycles. The van der Waals surface area contributed by atoms with Gasteiger partial charge in [-0.3, -0.25) is 0 Å². The van der Waals surface area contributed by atoms with Crippen LogP contribution in [0.4, 0.5) is 0 Å². The molecular formula is C10H8N2Se. The van der Waals surface area contributed by atoms with E-state index in [2.05, 4.69) is 22.1 Å². The molecule has 2 rings (SSSR count). The zero-order valence-electron chi connectivity index (χ0n) is 6.86. The number of aromatic nitrogens is 1. The molecule has 1 aliphatic heterocycles. The SMILES string of the molecule is N#Cc1ccc(C2=CC=C[SeH2]2)cn1. The molecule has 0 bridgehead atoms. The average molecular weight is 235 g/mol. The van der Waals surface area contributed by atoms with Crippen LogP contribution in [0.5, 0.6) is 0 Å². The van der Waals surface area contributed by atoms with Crippen molar-refractivity contribution in [3.05, 3.63) is 46.7 Å². The van der Waals surface area contributed by atoms with Crippen molar-refractivity contribution in [3.63, 3.8) is 0 Å². The Bertz CT molecular complexity index is 410. The molecule has 2 heterocycles. The van der Waals surface area contributed by atoms with Crippen LogP contribution in [0.2, 0.25) is 0 Å². The van der Waals surface area contributed by atoms with E-state index in [4.69, 9.17) is 5.26 Å². The first-order valence-corrected chi connectivity index (χ1v) is 6.16. The predicted molar refractivity (Wildman–Crippen MR) is 54.6 cm³/mol. The topological polar surface area (TPSA) is 36.7 Å². The zero-order chi connectivity index (χ0) is 9.10. The Morgan fingerprint density at radius 2 is 2.31 bits per heavy atom. The molecule has 0 unspecified atom stereocenters. The Morgan fingerprint density at radius 1 is 1.38 bits per heavy atom. The predicted octanol–water partition coefficient (Wildman–Crippen LogP) is 0.990. The minimum atomic E-state index is -0.0852. The molecule has 0 atom stereocenters. The Labute approximate surface area is 82.8 Å². The van der Waals surface area contributed by atoms with Gasteiger partial charge in [-0.1, -0.05) is 0 Å². The van der Waals surface area contributed by atoms with Gasteiger partial charge in [0.25, 0.3) is 0 Å². The number of nitrogens with zero attached hydrogens (tertiary/aromatic N) is 2. The Hall–Kier alpha value is -1.36. The van der Waals surface area contributed by atoms with Gasteiger partial charge in [-0.2, -0.15) is 0 Å². The summed E-state index contributed by atoms with van der Waals surface area (Å²) in [7, 11) is 0. The van der Waals surface area contributed by atoms with E-state index in [1.807, 2.05) is 12.1 Å². The van der Waals surface area contributed by atoms with Crippen LogP contribution in [0.25, 0.3) is 4.47 Å². The van der Waals surface area contributed by atoms with Crippen molar-refractivity contribution in [2.24, 2.45) is 0 Å². The molecule has 64 valence electrons. The monoisotopic (exact) mass is 236 g/mol. The number of nitriles is 1. The third-order valence-corrected chi connectivity index (χ3v) is 4.15. The Balaban J connectivity index is 2.29. The maximum absolute atomic E-state index is 8.56. The van der Waals surface area contributed by atoms with Crippen molar-refractivity contribution >= 4 is 19.4 Å². The minimum absolute atomic E-state index is 0.0852. The van der Waals surface area contributed by atoms with Gasteiger partial charge in [-0.25, -0.2) is 0 Å². The second kappa shape index (κ2) is 3.57. The first kappa shape index (κ1) is 8.25. The van der Waals surface area contributed by atoms with Gasteiger partial charge in [0.15, 0.2) is 0 Å². The maximum atomic E-state index is 8.56. The third kappa shape index (κ3) is 1.70. The van der Waals surface area contributed by atoms with E-state index in [1.54, 1.807) is 12.3 Å². The van der Waals surface area contributed by atoms with Gasteiger partial charge in [0, 0.05) is 0 Å². The van der Waals surface area contributed by atoms with Crippen molar-refractivity contribution in [2.75, 3.05) is 0 Å². The summed E-state index contributed by atoms with van der Waals surface area (Å²) in [5, 5.41) is 8.56. The number of allylic oxidation sites excluding steroid dienone is 2. The molecule has 1 aromatic heterocycles. The van der Waals surface area contributed by atoms with Gasteiger partial charge in [-0.15, -0.1) is 0 Å². The summed E-state index contributed by atoms with van der Waals surface area (Å²) in [5.41, 5.74) is 1.64. The molecule has 0 saturated carbocycles. The summed E-state index contributed by atoms with van der Waals surface area (Å²) in [6.45, 7) is 0. The second-order valence-electron chi connectivity index (χ2n) is 2.63. The second-order valence-corrected chi connectivity index (χ2v) is 5.06. The average Bonchev–Trinajstić information content (AvgIpc) is 2.71. The molecule has 0 aromatic carbocycles. The van der Waals surface area contributed by atoms with E-state index in [0.717, 1.165) is 5.56 Å². The molecule has 1 aromatic rings. The zero-order valence-corrected chi connectivity index (χ0v) is 8.96. The van der Waals surface area contributed by atoms with Crippen molar-refractivity contribution in [1.82, 2.24) is 4.98 Å². The van der Waals surface area contributed by atoms with Crippen molar-refractivity contribution in [1.29, 1.82) is 5.26 Å². The van der Waals surface area contributed by atoms with Gasteiger partial charge < -0.3 is 0 Å². The normalized spacial score (nSPS) is 17.0. The fourth-order valence-corrected chi connectivity index (χ4v) is 2.97. The van der Waals surface area contributed by atoms with Crippen LogP contribution >= 0.6 is 0 Å². The van der Waals surface area contributed by atoms with E-state index in [1.165, 1.54) is 4.47 Å². The van der Waals surface area contributed by atoms with Gasteiger partial charge in [0.1, 0.15) is 0 Å². The molecule has 2 nitrogen and oxygen atoms in total. The fourth-order valence-electron chi connectivity index (χ4n) is 1.13. The summed E-state index contributed by atoms with van der Waals surface area (Å²) >= 11 is -0.0852. The quantitative estimate of drug-likeness (QED) is 0.680. The van der Waals surface area contributed by atoms with Gasteiger partial charge in [0.05, 0.1) is 0 Å². The first-order chi connectivity index (χ1) is 6.40. The number of hydrogen-bond acceptors (Lipinski definition) is 2. The Kier molecular flexibility index (Phi) is 2.27.